The molecule has 0 aromatic carbocycles. The van der Waals surface area contributed by atoms with Crippen molar-refractivity contribution in [2.75, 3.05) is 26.5 Å². The van der Waals surface area contributed by atoms with Gasteiger partial charge in [-0.25, -0.2) is 14.8 Å². The van der Waals surface area contributed by atoms with E-state index in [0.29, 0.717) is 23.8 Å². The summed E-state index contributed by atoms with van der Waals surface area (Å²) in [6, 6.07) is 4.09. The normalized spacial score (nSPS) is 12.1. The fourth-order valence-corrected chi connectivity index (χ4v) is 3.90. The highest BCUT2D eigenvalue weighted by Crippen LogP contribution is 2.18. The first-order valence-electron chi connectivity index (χ1n) is 12.6. The molecule has 3 heterocycles. The number of methoxy groups -OCH3 is 1. The Balaban J connectivity index is 1.75. The number of allylic oxidation sites excluding steroid dienone is 1. The summed E-state index contributed by atoms with van der Waals surface area (Å²) in [5, 5.41) is 5.08. The van der Waals surface area contributed by atoms with Gasteiger partial charge in [0.2, 0.25) is 11.8 Å². The molecule has 3 aromatic rings. The Hall–Kier alpha value is -4.48. The number of carbonyl (C=O) groups is 3. The lowest BCUT2D eigenvalue weighted by atomic mass is 10.0. The molecule has 1 unspecified atom stereocenters. The Labute approximate surface area is 226 Å². The second-order valence-corrected chi connectivity index (χ2v) is 9.70. The van der Waals surface area contributed by atoms with E-state index in [1.807, 2.05) is 6.07 Å². The van der Waals surface area contributed by atoms with Gasteiger partial charge >= 0.3 is 6.09 Å². The van der Waals surface area contributed by atoms with Gasteiger partial charge in [0.05, 0.1) is 19.2 Å². The molecule has 208 valence electrons. The summed E-state index contributed by atoms with van der Waals surface area (Å²) in [7, 11) is 4.45. The number of nitrogens with zero attached hydrogens (tertiary/aromatic N) is 4. The molecule has 0 fully saturated rings. The van der Waals surface area contributed by atoms with Gasteiger partial charge in [-0.3, -0.25) is 14.4 Å². The number of imidazole rings is 1. The zero-order chi connectivity index (χ0) is 28.5. The van der Waals surface area contributed by atoms with Crippen molar-refractivity contribution in [1.82, 2.24) is 29.7 Å². The third-order valence-corrected chi connectivity index (χ3v) is 5.87. The van der Waals surface area contributed by atoms with Crippen molar-refractivity contribution in [1.29, 1.82) is 0 Å². The summed E-state index contributed by atoms with van der Waals surface area (Å²) >= 11 is 0. The molecule has 0 radical (unpaired) electrons. The number of rotatable bonds is 11. The highest BCUT2D eigenvalue weighted by atomic mass is 16.5. The average Bonchev–Trinajstić information content (AvgIpc) is 3.31. The number of amides is 3. The molecule has 1 atom stereocenters. The third-order valence-electron chi connectivity index (χ3n) is 5.87. The van der Waals surface area contributed by atoms with Gasteiger partial charge < -0.3 is 29.8 Å². The molecule has 39 heavy (non-hydrogen) atoms. The van der Waals surface area contributed by atoms with E-state index in [0.717, 1.165) is 17.5 Å². The first-order chi connectivity index (χ1) is 18.6. The Bertz CT molecular complexity index is 1410. The van der Waals surface area contributed by atoms with Crippen LogP contribution in [-0.4, -0.2) is 69.6 Å². The van der Waals surface area contributed by atoms with Crippen LogP contribution in [0.2, 0.25) is 0 Å². The van der Waals surface area contributed by atoms with Gasteiger partial charge in [-0.05, 0) is 55.0 Å². The lowest BCUT2D eigenvalue weighted by molar-refractivity contribution is -0.123. The van der Waals surface area contributed by atoms with Gasteiger partial charge in [0.1, 0.15) is 17.6 Å². The molecule has 0 aliphatic carbocycles. The predicted octanol–water partition coefficient (Wildman–Crippen LogP) is 2.45. The van der Waals surface area contributed by atoms with Crippen LogP contribution in [-0.2, 0) is 27.3 Å². The fraction of sp³-hybridized carbons (Fsp3) is 0.407. The van der Waals surface area contributed by atoms with Gasteiger partial charge in [-0.15, -0.1) is 0 Å². The lowest BCUT2D eigenvalue weighted by Gasteiger charge is -2.17. The highest BCUT2D eigenvalue weighted by molar-refractivity contribution is 5.96. The van der Waals surface area contributed by atoms with E-state index in [-0.39, 0.29) is 24.6 Å². The molecule has 0 bridgehead atoms. The summed E-state index contributed by atoms with van der Waals surface area (Å²) in [6.07, 6.45) is 6.93. The minimum Gasteiger partial charge on any atom is -0.453 e. The summed E-state index contributed by atoms with van der Waals surface area (Å²) in [5.74, 6) is 0.231. The second kappa shape index (κ2) is 13.4. The van der Waals surface area contributed by atoms with Crippen LogP contribution in [0.1, 0.15) is 38.1 Å². The number of ether oxygens (including phenoxy) is 1. The third kappa shape index (κ3) is 8.00. The molecule has 0 saturated heterocycles. The molecular weight excluding hydrogens is 502 g/mol. The molecule has 3 aromatic heterocycles. The van der Waals surface area contributed by atoms with Gasteiger partial charge in [0.15, 0.2) is 5.65 Å². The molecule has 12 heteroatoms. The van der Waals surface area contributed by atoms with Crippen molar-refractivity contribution in [3.63, 3.8) is 0 Å². The van der Waals surface area contributed by atoms with E-state index in [9.17, 15) is 19.2 Å². The number of alkyl carbamates (subject to hydrolysis) is 1. The quantitative estimate of drug-likeness (QED) is 0.318. The summed E-state index contributed by atoms with van der Waals surface area (Å²) in [5.41, 5.74) is 2.14. The van der Waals surface area contributed by atoms with Crippen LogP contribution in [0.3, 0.4) is 0 Å². The average molecular weight is 538 g/mol. The van der Waals surface area contributed by atoms with E-state index in [1.54, 1.807) is 38.6 Å². The number of aromatic amines is 1. The lowest BCUT2D eigenvalue weighted by Crippen LogP contribution is -2.44. The Morgan fingerprint density at radius 1 is 1.23 bits per heavy atom. The molecule has 0 spiro atoms. The fourth-order valence-electron chi connectivity index (χ4n) is 3.90. The number of nitrogens with one attached hydrogen (secondary N) is 3. The Morgan fingerprint density at radius 3 is 2.69 bits per heavy atom. The first-order valence-corrected chi connectivity index (χ1v) is 12.6. The van der Waals surface area contributed by atoms with Crippen LogP contribution in [0, 0.1) is 5.92 Å². The number of hydrogen-bond donors (Lipinski definition) is 3. The maximum absolute atomic E-state index is 13.2. The zero-order valence-electron chi connectivity index (χ0n) is 22.9. The minimum absolute atomic E-state index is 0.0484. The molecule has 12 nitrogen and oxygen atoms in total. The van der Waals surface area contributed by atoms with Crippen molar-refractivity contribution in [2.24, 2.45) is 5.92 Å². The van der Waals surface area contributed by atoms with Gasteiger partial charge in [-0.1, -0.05) is 19.9 Å². The van der Waals surface area contributed by atoms with E-state index in [4.69, 9.17) is 0 Å². The van der Waals surface area contributed by atoms with Gasteiger partial charge in [-0.2, -0.15) is 0 Å². The maximum atomic E-state index is 13.2. The topological polar surface area (TPSA) is 151 Å². The van der Waals surface area contributed by atoms with Crippen LogP contribution in [0.4, 0.5) is 10.5 Å². The number of carbonyl (C=O) groups excluding carboxylic acids is 3. The van der Waals surface area contributed by atoms with Gasteiger partial charge in [0, 0.05) is 26.5 Å². The smallest absolute Gasteiger partial charge is 0.407 e. The molecule has 3 rings (SSSR count). The first kappa shape index (κ1) is 29.1. The standard InChI is InChI=1S/C27H35N7O5/c1-17(2)15-18-12-13-28-24-23(18)31-21(32-24)16-34-14-8-10-20(26(34)37)29-25(36)19(30-27(38)39-5)9-6-7-11-22(35)33(3)4/h7-8,10-14,17,19H,6,9,15-16H2,1-5H3,(H,29,36)(H,30,38)(H,28,31,32). The number of aromatic nitrogens is 4. The van der Waals surface area contributed by atoms with Crippen LogP contribution in [0.25, 0.3) is 11.2 Å². The van der Waals surface area contributed by atoms with Crippen molar-refractivity contribution >= 4 is 34.8 Å². The van der Waals surface area contributed by atoms with Crippen molar-refractivity contribution in [3.05, 3.63) is 64.5 Å². The largest absolute Gasteiger partial charge is 0.453 e. The number of fused-ring (bicyclic) bond motifs is 1. The Kier molecular flexibility index (Phi) is 9.96. The maximum Gasteiger partial charge on any atom is 0.407 e. The molecule has 3 amide bonds. The predicted molar refractivity (Wildman–Crippen MR) is 147 cm³/mol. The monoisotopic (exact) mass is 537 g/mol. The van der Waals surface area contributed by atoms with Crippen LogP contribution in [0.15, 0.2) is 47.5 Å². The second-order valence-electron chi connectivity index (χ2n) is 9.70. The van der Waals surface area contributed by atoms with Crippen LogP contribution < -0.4 is 16.2 Å². The number of H-pyrrole nitrogens is 1. The number of anilines is 1. The highest BCUT2D eigenvalue weighted by Gasteiger charge is 2.22. The van der Waals surface area contributed by atoms with E-state index in [2.05, 4.69) is 44.2 Å². The zero-order valence-corrected chi connectivity index (χ0v) is 22.9. The van der Waals surface area contributed by atoms with Crippen molar-refractivity contribution in [3.8, 4) is 0 Å². The number of likely N-dealkylation sites (N-methyl/N-ethyl adjacent to an activating group) is 1. The molecular formula is C27H35N7O5. The Morgan fingerprint density at radius 2 is 2.00 bits per heavy atom. The van der Waals surface area contributed by atoms with Crippen LogP contribution >= 0.6 is 0 Å². The molecule has 3 N–H and O–H groups in total. The molecule has 0 aliphatic heterocycles. The van der Waals surface area contributed by atoms with Gasteiger partial charge in [0.25, 0.3) is 5.56 Å². The van der Waals surface area contributed by atoms with E-state index >= 15 is 0 Å². The van der Waals surface area contributed by atoms with Crippen LogP contribution in [0.5, 0.6) is 0 Å². The summed E-state index contributed by atoms with van der Waals surface area (Å²) in [6.45, 7) is 4.42. The summed E-state index contributed by atoms with van der Waals surface area (Å²) in [4.78, 5) is 63.3. The molecule has 0 aliphatic rings. The van der Waals surface area contributed by atoms with E-state index in [1.165, 1.54) is 28.7 Å². The number of hydrogen-bond acceptors (Lipinski definition) is 7. The summed E-state index contributed by atoms with van der Waals surface area (Å²) < 4.78 is 6.05. The van der Waals surface area contributed by atoms with Crippen molar-refractivity contribution < 1.29 is 19.1 Å². The minimum atomic E-state index is -0.995. The SMILES string of the molecule is COC(=O)NC(CCC=CC(=O)N(C)C)C(=O)Nc1cccn(Cc2nc3nccc(CC(C)C)c3[nH]2)c1=O. The van der Waals surface area contributed by atoms with Crippen molar-refractivity contribution in [2.45, 2.75) is 45.7 Å². The van der Waals surface area contributed by atoms with E-state index < -0.39 is 23.6 Å². The molecule has 0 saturated carbocycles. The number of pyridine rings is 2.